The van der Waals surface area contributed by atoms with Crippen molar-refractivity contribution in [3.05, 3.63) is 11.9 Å². The van der Waals surface area contributed by atoms with E-state index in [-0.39, 0.29) is 0 Å². The Morgan fingerprint density at radius 3 is 2.80 bits per heavy atom. The fourth-order valence-electron chi connectivity index (χ4n) is 1.72. The summed E-state index contributed by atoms with van der Waals surface area (Å²) in [6.45, 7) is 3.47. The molecule has 5 heteroatoms. The van der Waals surface area contributed by atoms with Crippen LogP contribution in [0.1, 0.15) is 18.7 Å². The maximum Gasteiger partial charge on any atom is 0.132 e. The second-order valence-corrected chi connectivity index (χ2v) is 3.76. The lowest BCUT2D eigenvalue weighted by Crippen LogP contribution is -2.28. The quantitative estimate of drug-likeness (QED) is 0.757. The Morgan fingerprint density at radius 1 is 1.40 bits per heavy atom. The first-order chi connectivity index (χ1) is 7.24. The van der Waals surface area contributed by atoms with E-state index in [1.54, 1.807) is 6.07 Å². The fourth-order valence-corrected chi connectivity index (χ4v) is 1.72. The zero-order chi connectivity index (χ0) is 10.7. The molecule has 1 aromatic heterocycles. The number of nitrogens with two attached hydrogens (primary N) is 1. The highest BCUT2D eigenvalue weighted by Gasteiger charge is 2.14. The van der Waals surface area contributed by atoms with Gasteiger partial charge in [-0.05, 0) is 19.8 Å². The van der Waals surface area contributed by atoms with Gasteiger partial charge >= 0.3 is 0 Å². The van der Waals surface area contributed by atoms with Crippen LogP contribution < -0.4 is 11.1 Å². The van der Waals surface area contributed by atoms with E-state index in [2.05, 4.69) is 15.3 Å². The van der Waals surface area contributed by atoms with Crippen molar-refractivity contribution in [1.29, 1.82) is 0 Å². The van der Waals surface area contributed by atoms with Gasteiger partial charge in [0, 0.05) is 25.3 Å². The minimum absolute atomic E-state index is 0.437. The van der Waals surface area contributed by atoms with Gasteiger partial charge in [-0.15, -0.1) is 0 Å². The Morgan fingerprint density at radius 2 is 2.13 bits per heavy atom. The molecule has 2 rings (SSSR count). The lowest BCUT2D eigenvalue weighted by molar-refractivity contribution is 0.0904. The standard InChI is InChI=1S/C10H16N4O/c1-7-12-9(11)6-10(13-7)14-8-2-4-15-5-3-8/h6,8H,2-5H2,1H3,(H3,11,12,13,14). The van der Waals surface area contributed by atoms with Crippen LogP contribution in [0.2, 0.25) is 0 Å². The molecule has 15 heavy (non-hydrogen) atoms. The average Bonchev–Trinajstić information content (AvgIpc) is 2.17. The molecule has 0 radical (unpaired) electrons. The molecule has 0 saturated carbocycles. The van der Waals surface area contributed by atoms with Gasteiger partial charge in [0.1, 0.15) is 17.5 Å². The van der Waals surface area contributed by atoms with Crippen LogP contribution in [-0.2, 0) is 4.74 Å². The van der Waals surface area contributed by atoms with Crippen LogP contribution in [0.5, 0.6) is 0 Å². The monoisotopic (exact) mass is 208 g/mol. The predicted octanol–water partition coefficient (Wildman–Crippen LogP) is 0.958. The van der Waals surface area contributed by atoms with E-state index in [0.717, 1.165) is 31.9 Å². The number of nitrogens with one attached hydrogen (secondary N) is 1. The Balaban J connectivity index is 2.02. The zero-order valence-electron chi connectivity index (χ0n) is 8.86. The van der Waals surface area contributed by atoms with E-state index >= 15 is 0 Å². The number of aryl methyl sites for hydroxylation is 1. The number of hydrogen-bond donors (Lipinski definition) is 2. The molecule has 5 nitrogen and oxygen atoms in total. The summed E-state index contributed by atoms with van der Waals surface area (Å²) in [5, 5.41) is 3.35. The third-order valence-electron chi connectivity index (χ3n) is 2.43. The molecular weight excluding hydrogens is 192 g/mol. The smallest absolute Gasteiger partial charge is 0.132 e. The molecule has 2 heterocycles. The van der Waals surface area contributed by atoms with E-state index in [1.807, 2.05) is 6.92 Å². The van der Waals surface area contributed by atoms with Crippen molar-refractivity contribution in [2.45, 2.75) is 25.8 Å². The van der Waals surface area contributed by atoms with Gasteiger partial charge in [0.25, 0.3) is 0 Å². The summed E-state index contributed by atoms with van der Waals surface area (Å²) < 4.78 is 5.29. The Labute approximate surface area is 89.1 Å². The molecule has 0 unspecified atom stereocenters. The van der Waals surface area contributed by atoms with Crippen LogP contribution in [0, 0.1) is 6.92 Å². The van der Waals surface area contributed by atoms with Gasteiger partial charge in [-0.25, -0.2) is 9.97 Å². The van der Waals surface area contributed by atoms with Crippen LogP contribution in [0.15, 0.2) is 6.07 Å². The first kappa shape index (κ1) is 10.2. The summed E-state index contributed by atoms with van der Waals surface area (Å²) in [7, 11) is 0. The van der Waals surface area contributed by atoms with Crippen molar-refractivity contribution in [2.24, 2.45) is 0 Å². The lowest BCUT2D eigenvalue weighted by atomic mass is 10.1. The molecule has 1 aromatic rings. The molecule has 0 aromatic carbocycles. The van der Waals surface area contributed by atoms with Gasteiger partial charge in [-0.1, -0.05) is 0 Å². The number of anilines is 2. The van der Waals surface area contributed by atoms with E-state index in [1.165, 1.54) is 0 Å². The van der Waals surface area contributed by atoms with Gasteiger partial charge in [-0.2, -0.15) is 0 Å². The normalized spacial score (nSPS) is 17.7. The third-order valence-corrected chi connectivity index (χ3v) is 2.43. The molecule has 1 fully saturated rings. The van der Waals surface area contributed by atoms with E-state index in [4.69, 9.17) is 10.5 Å². The van der Waals surface area contributed by atoms with E-state index in [9.17, 15) is 0 Å². The first-order valence-electron chi connectivity index (χ1n) is 5.19. The number of rotatable bonds is 2. The fraction of sp³-hybridized carbons (Fsp3) is 0.600. The summed E-state index contributed by atoms with van der Waals surface area (Å²) in [6, 6.07) is 2.20. The van der Waals surface area contributed by atoms with Gasteiger partial charge in [-0.3, -0.25) is 0 Å². The average molecular weight is 208 g/mol. The molecule has 3 N–H and O–H groups in total. The van der Waals surface area contributed by atoms with E-state index < -0.39 is 0 Å². The first-order valence-corrected chi connectivity index (χ1v) is 5.19. The summed E-state index contributed by atoms with van der Waals surface area (Å²) in [6.07, 6.45) is 2.03. The Hall–Kier alpha value is -1.36. The second-order valence-electron chi connectivity index (χ2n) is 3.76. The maximum atomic E-state index is 5.65. The topological polar surface area (TPSA) is 73.1 Å². The number of ether oxygens (including phenoxy) is 1. The van der Waals surface area contributed by atoms with Crippen LogP contribution in [0.25, 0.3) is 0 Å². The molecule has 1 aliphatic rings. The number of nitrogen functional groups attached to an aromatic ring is 1. The zero-order valence-corrected chi connectivity index (χ0v) is 8.86. The molecule has 1 saturated heterocycles. The summed E-state index contributed by atoms with van der Waals surface area (Å²) in [5.74, 6) is 2.02. The number of hydrogen-bond acceptors (Lipinski definition) is 5. The van der Waals surface area contributed by atoms with Gasteiger partial charge < -0.3 is 15.8 Å². The highest BCUT2D eigenvalue weighted by molar-refractivity contribution is 5.45. The van der Waals surface area contributed by atoms with Gasteiger partial charge in [0.15, 0.2) is 0 Å². The lowest BCUT2D eigenvalue weighted by Gasteiger charge is -2.23. The van der Waals surface area contributed by atoms with Crippen LogP contribution in [0.3, 0.4) is 0 Å². The highest BCUT2D eigenvalue weighted by Crippen LogP contribution is 2.14. The third kappa shape index (κ3) is 2.79. The summed E-state index contributed by atoms with van der Waals surface area (Å²) >= 11 is 0. The summed E-state index contributed by atoms with van der Waals surface area (Å²) in [5.41, 5.74) is 5.65. The predicted molar refractivity (Wildman–Crippen MR) is 58.6 cm³/mol. The Kier molecular flexibility index (Phi) is 3.01. The van der Waals surface area contributed by atoms with Crippen molar-refractivity contribution in [3.63, 3.8) is 0 Å². The molecule has 82 valence electrons. The molecule has 1 aliphatic heterocycles. The summed E-state index contributed by atoms with van der Waals surface area (Å²) in [4.78, 5) is 8.31. The van der Waals surface area contributed by atoms with Crippen molar-refractivity contribution in [1.82, 2.24) is 9.97 Å². The minimum Gasteiger partial charge on any atom is -0.384 e. The van der Waals surface area contributed by atoms with Crippen molar-refractivity contribution >= 4 is 11.6 Å². The minimum atomic E-state index is 0.437. The number of nitrogens with zero attached hydrogens (tertiary/aromatic N) is 2. The number of aromatic nitrogens is 2. The Bertz CT molecular complexity index is 316. The van der Waals surface area contributed by atoms with Crippen molar-refractivity contribution < 1.29 is 4.74 Å². The second kappa shape index (κ2) is 4.44. The van der Waals surface area contributed by atoms with E-state index in [0.29, 0.717) is 17.7 Å². The van der Waals surface area contributed by atoms with Crippen molar-refractivity contribution in [3.8, 4) is 0 Å². The SMILES string of the molecule is Cc1nc(N)cc(NC2CCOCC2)n1. The highest BCUT2D eigenvalue weighted by atomic mass is 16.5. The van der Waals surface area contributed by atoms with Crippen LogP contribution >= 0.6 is 0 Å². The van der Waals surface area contributed by atoms with Crippen LogP contribution in [-0.4, -0.2) is 29.2 Å². The molecule has 0 spiro atoms. The molecule has 0 bridgehead atoms. The van der Waals surface area contributed by atoms with Gasteiger partial charge in [0.05, 0.1) is 0 Å². The van der Waals surface area contributed by atoms with Crippen molar-refractivity contribution in [2.75, 3.05) is 24.3 Å². The van der Waals surface area contributed by atoms with Gasteiger partial charge in [0.2, 0.25) is 0 Å². The largest absolute Gasteiger partial charge is 0.384 e. The maximum absolute atomic E-state index is 5.65. The molecular formula is C10H16N4O. The molecule has 0 aliphatic carbocycles. The molecule has 0 atom stereocenters. The molecule has 0 amide bonds. The van der Waals surface area contributed by atoms with Crippen LogP contribution in [0.4, 0.5) is 11.6 Å².